The zero-order chi connectivity index (χ0) is 12.3. The number of rotatable bonds is 3. The number of nitrogens with zero attached hydrogens (tertiary/aromatic N) is 1. The highest BCUT2D eigenvalue weighted by atomic mass is 35.5. The average Bonchev–Trinajstić information content (AvgIpc) is 2.77. The second-order valence-electron chi connectivity index (χ2n) is 4.70. The molecular weight excluding hydrogens is 234 g/mol. The van der Waals surface area contributed by atoms with Crippen LogP contribution in [0.5, 0.6) is 0 Å². The first-order valence-corrected chi connectivity index (χ1v) is 6.65. The van der Waals surface area contributed by atoms with E-state index in [-0.39, 0.29) is 11.9 Å². The zero-order valence-corrected chi connectivity index (χ0v) is 10.9. The van der Waals surface area contributed by atoms with E-state index in [1.165, 1.54) is 5.56 Å². The molecule has 1 fully saturated rings. The summed E-state index contributed by atoms with van der Waals surface area (Å²) < 4.78 is 0. The van der Waals surface area contributed by atoms with Crippen molar-refractivity contribution in [3.05, 3.63) is 35.4 Å². The molecule has 0 radical (unpaired) electrons. The zero-order valence-electron chi connectivity index (χ0n) is 10.2. The number of hydrogen-bond donors (Lipinski definition) is 0. The summed E-state index contributed by atoms with van der Waals surface area (Å²) in [6.45, 7) is 2.91. The summed E-state index contributed by atoms with van der Waals surface area (Å²) in [5.74, 6) is 0.762. The lowest BCUT2D eigenvalue weighted by molar-refractivity contribution is -0.130. The van der Waals surface area contributed by atoms with Gasteiger partial charge in [0.2, 0.25) is 5.91 Å². The summed E-state index contributed by atoms with van der Waals surface area (Å²) >= 11 is 5.88. The van der Waals surface area contributed by atoms with Crippen LogP contribution < -0.4 is 0 Å². The highest BCUT2D eigenvalue weighted by molar-refractivity contribution is 6.18. The molecular formula is C14H18ClNO. The molecule has 0 bridgehead atoms. The Morgan fingerprint density at radius 1 is 1.53 bits per heavy atom. The molecule has 2 rings (SSSR count). The van der Waals surface area contributed by atoms with Gasteiger partial charge in [0.15, 0.2) is 0 Å². The molecule has 1 amide bonds. The van der Waals surface area contributed by atoms with E-state index in [1.54, 1.807) is 0 Å². The molecule has 1 atom stereocenters. The average molecular weight is 252 g/mol. The van der Waals surface area contributed by atoms with Crippen LogP contribution in [-0.2, 0) is 11.2 Å². The molecule has 0 aromatic heterocycles. The van der Waals surface area contributed by atoms with Gasteiger partial charge in [0.1, 0.15) is 0 Å². The summed E-state index contributed by atoms with van der Waals surface area (Å²) in [6, 6.07) is 8.38. The van der Waals surface area contributed by atoms with Crippen LogP contribution in [0.3, 0.4) is 0 Å². The van der Waals surface area contributed by atoms with Crippen molar-refractivity contribution in [2.24, 2.45) is 0 Å². The van der Waals surface area contributed by atoms with Gasteiger partial charge in [-0.15, -0.1) is 11.6 Å². The number of hydrogen-bond acceptors (Lipinski definition) is 1. The van der Waals surface area contributed by atoms with Crippen LogP contribution in [0.1, 0.15) is 24.0 Å². The van der Waals surface area contributed by atoms with Gasteiger partial charge in [0, 0.05) is 18.5 Å². The molecule has 1 heterocycles. The van der Waals surface area contributed by atoms with Gasteiger partial charge in [-0.25, -0.2) is 0 Å². The normalized spacial score (nSPS) is 19.6. The van der Waals surface area contributed by atoms with E-state index in [9.17, 15) is 4.79 Å². The van der Waals surface area contributed by atoms with Gasteiger partial charge in [0.25, 0.3) is 0 Å². The number of benzene rings is 1. The lowest BCUT2D eigenvalue weighted by atomic mass is 10.1. The van der Waals surface area contributed by atoms with Crippen molar-refractivity contribution >= 4 is 17.5 Å². The molecule has 1 aliphatic rings. The lowest BCUT2D eigenvalue weighted by Gasteiger charge is -2.23. The van der Waals surface area contributed by atoms with Crippen LogP contribution >= 0.6 is 11.6 Å². The van der Waals surface area contributed by atoms with Crippen molar-refractivity contribution < 1.29 is 4.79 Å². The molecule has 1 aliphatic heterocycles. The fourth-order valence-electron chi connectivity index (χ4n) is 2.42. The molecule has 3 heteroatoms. The Labute approximate surface area is 108 Å². The summed E-state index contributed by atoms with van der Waals surface area (Å²) in [5.41, 5.74) is 2.29. The monoisotopic (exact) mass is 251 g/mol. The molecule has 1 unspecified atom stereocenters. The molecule has 2 nitrogen and oxygen atoms in total. The molecule has 0 aliphatic carbocycles. The van der Waals surface area contributed by atoms with Gasteiger partial charge in [-0.1, -0.05) is 29.8 Å². The Morgan fingerprint density at radius 2 is 2.35 bits per heavy atom. The minimum absolute atomic E-state index is 0.207. The third kappa shape index (κ3) is 3.01. The number of aryl methyl sites for hydroxylation is 1. The molecule has 17 heavy (non-hydrogen) atoms. The molecule has 92 valence electrons. The third-order valence-electron chi connectivity index (χ3n) is 3.31. The van der Waals surface area contributed by atoms with Gasteiger partial charge >= 0.3 is 0 Å². The van der Waals surface area contributed by atoms with Crippen molar-refractivity contribution in [3.63, 3.8) is 0 Å². The minimum atomic E-state index is 0.207. The second kappa shape index (κ2) is 5.54. The van der Waals surface area contributed by atoms with Crippen molar-refractivity contribution in [2.75, 3.05) is 12.4 Å². The molecule has 1 saturated heterocycles. The second-order valence-corrected chi connectivity index (χ2v) is 5.01. The van der Waals surface area contributed by atoms with E-state index in [1.807, 2.05) is 30.0 Å². The fourth-order valence-corrected chi connectivity index (χ4v) is 2.74. The number of likely N-dealkylation sites (tertiary alicyclic amines) is 1. The highest BCUT2D eigenvalue weighted by Gasteiger charge is 2.27. The number of alkyl halides is 1. The summed E-state index contributed by atoms with van der Waals surface area (Å²) in [6.07, 6.45) is 2.62. The van der Waals surface area contributed by atoms with Gasteiger partial charge < -0.3 is 4.90 Å². The standard InChI is InChI=1S/C14H18ClNO/c1-11-4-2-5-12(8-11)9-14(17)16-7-3-6-13(16)10-15/h2,4-5,8,13H,3,6-7,9-10H2,1H3. The van der Waals surface area contributed by atoms with E-state index in [0.717, 1.165) is 24.9 Å². The Bertz CT molecular complexity index is 405. The lowest BCUT2D eigenvalue weighted by Crippen LogP contribution is -2.37. The van der Waals surface area contributed by atoms with Gasteiger partial charge in [-0.05, 0) is 25.3 Å². The van der Waals surface area contributed by atoms with Gasteiger partial charge in [-0.3, -0.25) is 4.79 Å². The highest BCUT2D eigenvalue weighted by Crippen LogP contribution is 2.19. The predicted octanol–water partition coefficient (Wildman–Crippen LogP) is 2.77. The predicted molar refractivity (Wildman–Crippen MR) is 70.3 cm³/mol. The molecule has 1 aromatic rings. The van der Waals surface area contributed by atoms with Crippen molar-refractivity contribution in [1.82, 2.24) is 4.90 Å². The van der Waals surface area contributed by atoms with Crippen LogP contribution in [0.2, 0.25) is 0 Å². The first kappa shape index (κ1) is 12.4. The smallest absolute Gasteiger partial charge is 0.227 e. The maximum absolute atomic E-state index is 12.2. The van der Waals surface area contributed by atoms with Crippen LogP contribution in [0.25, 0.3) is 0 Å². The first-order valence-electron chi connectivity index (χ1n) is 6.11. The molecule has 0 N–H and O–H groups in total. The van der Waals surface area contributed by atoms with Crippen LogP contribution in [-0.4, -0.2) is 29.3 Å². The van der Waals surface area contributed by atoms with Crippen molar-refractivity contribution in [1.29, 1.82) is 0 Å². The molecule has 0 spiro atoms. The largest absolute Gasteiger partial charge is 0.338 e. The Hall–Kier alpha value is -1.02. The summed E-state index contributed by atoms with van der Waals surface area (Å²) in [7, 11) is 0. The van der Waals surface area contributed by atoms with Crippen molar-refractivity contribution in [2.45, 2.75) is 32.2 Å². The van der Waals surface area contributed by atoms with Crippen LogP contribution in [0.4, 0.5) is 0 Å². The maximum atomic E-state index is 12.2. The number of carbonyl (C=O) groups excluding carboxylic acids is 1. The maximum Gasteiger partial charge on any atom is 0.227 e. The number of carbonyl (C=O) groups is 1. The summed E-state index contributed by atoms with van der Waals surface area (Å²) in [5, 5.41) is 0. The topological polar surface area (TPSA) is 20.3 Å². The number of halogens is 1. The molecule has 1 aromatic carbocycles. The first-order chi connectivity index (χ1) is 8.20. The van der Waals surface area contributed by atoms with E-state index in [0.29, 0.717) is 12.3 Å². The van der Waals surface area contributed by atoms with E-state index < -0.39 is 0 Å². The summed E-state index contributed by atoms with van der Waals surface area (Å²) in [4.78, 5) is 14.1. The Balaban J connectivity index is 2.01. The van der Waals surface area contributed by atoms with E-state index >= 15 is 0 Å². The molecule has 0 saturated carbocycles. The van der Waals surface area contributed by atoms with E-state index in [2.05, 4.69) is 6.07 Å². The Kier molecular flexibility index (Phi) is 4.06. The quantitative estimate of drug-likeness (QED) is 0.757. The van der Waals surface area contributed by atoms with Gasteiger partial charge in [-0.2, -0.15) is 0 Å². The third-order valence-corrected chi connectivity index (χ3v) is 3.67. The van der Waals surface area contributed by atoms with Crippen molar-refractivity contribution in [3.8, 4) is 0 Å². The fraction of sp³-hybridized carbons (Fsp3) is 0.500. The van der Waals surface area contributed by atoms with Crippen LogP contribution in [0, 0.1) is 6.92 Å². The van der Waals surface area contributed by atoms with Gasteiger partial charge in [0.05, 0.1) is 6.42 Å². The SMILES string of the molecule is Cc1cccc(CC(=O)N2CCCC2CCl)c1. The minimum Gasteiger partial charge on any atom is -0.338 e. The van der Waals surface area contributed by atoms with E-state index in [4.69, 9.17) is 11.6 Å². The Morgan fingerprint density at radius 3 is 3.06 bits per heavy atom. The number of amides is 1. The van der Waals surface area contributed by atoms with Crippen LogP contribution in [0.15, 0.2) is 24.3 Å².